The molecular weight excluding hydrogens is 426 g/mol. The van der Waals surface area contributed by atoms with Gasteiger partial charge in [-0.15, -0.1) is 10.2 Å². The van der Waals surface area contributed by atoms with E-state index >= 15 is 0 Å². The van der Waals surface area contributed by atoms with Gasteiger partial charge in [-0.3, -0.25) is 14.4 Å². The second-order valence-electron chi connectivity index (χ2n) is 7.66. The molecule has 7 nitrogen and oxygen atoms in total. The summed E-state index contributed by atoms with van der Waals surface area (Å²) in [6.07, 6.45) is 0.611. The quantitative estimate of drug-likeness (QED) is 0.606. The van der Waals surface area contributed by atoms with Crippen LogP contribution in [-0.2, 0) is 4.79 Å². The topological polar surface area (TPSA) is 81.4 Å². The number of aromatic nitrogens is 3. The molecule has 1 aromatic heterocycles. The van der Waals surface area contributed by atoms with Crippen LogP contribution in [0.2, 0.25) is 5.02 Å². The maximum absolute atomic E-state index is 13.0. The van der Waals surface area contributed by atoms with Gasteiger partial charge in [-0.2, -0.15) is 0 Å². The van der Waals surface area contributed by atoms with Crippen LogP contribution in [0, 0.1) is 12.8 Å². The molecule has 1 aliphatic rings. The van der Waals surface area contributed by atoms with Gasteiger partial charge in [-0.25, -0.2) is 0 Å². The first-order valence-corrected chi connectivity index (χ1v) is 11.1. The van der Waals surface area contributed by atoms with E-state index in [2.05, 4.69) is 15.5 Å². The number of rotatable bonds is 6. The molecule has 3 aromatic rings. The van der Waals surface area contributed by atoms with E-state index in [0.717, 1.165) is 28.4 Å². The van der Waals surface area contributed by atoms with Gasteiger partial charge in [0, 0.05) is 28.8 Å². The normalized spacial score (nSPS) is 15.8. The predicted molar refractivity (Wildman–Crippen MR) is 125 cm³/mol. The Bertz CT molecular complexity index is 1170. The number of nitrogens with zero attached hydrogens (tertiary/aromatic N) is 4. The van der Waals surface area contributed by atoms with E-state index in [9.17, 15) is 4.79 Å². The number of amides is 1. The fraction of sp³-hybridized carbons (Fsp3) is 0.333. The third-order valence-electron chi connectivity index (χ3n) is 5.71. The molecule has 2 atom stereocenters. The number of aliphatic imine (C=N–C) groups is 1. The number of ether oxygens (including phenoxy) is 1. The summed E-state index contributed by atoms with van der Waals surface area (Å²) in [4.78, 5) is 18.1. The molecule has 166 valence electrons. The summed E-state index contributed by atoms with van der Waals surface area (Å²) in [6.45, 7) is 6.36. The summed E-state index contributed by atoms with van der Waals surface area (Å²) in [5.74, 6) is 1.63. The SMILES string of the molecule is CCNC(=O)[C@H](CC)[C@@H]1N=C(c2ccc(Cl)cc2)c2ccc(OC)cc2-n2c(C)nnc21. The van der Waals surface area contributed by atoms with Gasteiger partial charge in [0.15, 0.2) is 5.82 Å². The van der Waals surface area contributed by atoms with Crippen molar-refractivity contribution in [2.45, 2.75) is 33.2 Å². The largest absolute Gasteiger partial charge is 0.497 e. The minimum atomic E-state index is -0.503. The zero-order valence-electron chi connectivity index (χ0n) is 18.6. The number of hydrogen-bond donors (Lipinski definition) is 1. The smallest absolute Gasteiger partial charge is 0.225 e. The van der Waals surface area contributed by atoms with Crippen LogP contribution < -0.4 is 10.1 Å². The summed E-state index contributed by atoms with van der Waals surface area (Å²) in [6, 6.07) is 12.9. The zero-order valence-corrected chi connectivity index (χ0v) is 19.3. The average molecular weight is 452 g/mol. The fourth-order valence-corrected chi connectivity index (χ4v) is 4.25. The van der Waals surface area contributed by atoms with Crippen LogP contribution in [0.5, 0.6) is 5.75 Å². The Hall–Kier alpha value is -3.19. The third-order valence-corrected chi connectivity index (χ3v) is 5.96. The number of carbonyl (C=O) groups excluding carboxylic acids is 1. The monoisotopic (exact) mass is 451 g/mol. The Labute approximate surface area is 192 Å². The molecule has 0 spiro atoms. The first-order chi connectivity index (χ1) is 15.5. The Morgan fingerprint density at radius 3 is 2.59 bits per heavy atom. The molecule has 0 fully saturated rings. The minimum absolute atomic E-state index is 0.0463. The van der Waals surface area contributed by atoms with Crippen molar-refractivity contribution in [1.82, 2.24) is 20.1 Å². The Kier molecular flexibility index (Phi) is 6.28. The second kappa shape index (κ2) is 9.12. The molecule has 1 N–H and O–H groups in total. The number of hydrogen-bond acceptors (Lipinski definition) is 5. The molecule has 2 heterocycles. The van der Waals surface area contributed by atoms with Crippen LogP contribution in [0.4, 0.5) is 0 Å². The van der Waals surface area contributed by atoms with Crippen molar-refractivity contribution in [3.8, 4) is 11.4 Å². The Morgan fingerprint density at radius 1 is 1.19 bits per heavy atom. The van der Waals surface area contributed by atoms with Gasteiger partial charge in [-0.05, 0) is 44.5 Å². The van der Waals surface area contributed by atoms with Gasteiger partial charge in [0.1, 0.15) is 17.6 Å². The van der Waals surface area contributed by atoms with Crippen LogP contribution in [-0.4, -0.2) is 40.0 Å². The highest BCUT2D eigenvalue weighted by molar-refractivity contribution is 6.30. The van der Waals surface area contributed by atoms with E-state index in [1.54, 1.807) is 7.11 Å². The molecule has 1 aliphatic heterocycles. The molecule has 0 unspecified atom stereocenters. The number of nitrogens with one attached hydrogen (secondary N) is 1. The molecule has 32 heavy (non-hydrogen) atoms. The van der Waals surface area contributed by atoms with E-state index in [4.69, 9.17) is 21.3 Å². The highest BCUT2D eigenvalue weighted by Crippen LogP contribution is 2.37. The van der Waals surface area contributed by atoms with Crippen molar-refractivity contribution in [2.75, 3.05) is 13.7 Å². The lowest BCUT2D eigenvalue weighted by molar-refractivity contribution is -0.125. The van der Waals surface area contributed by atoms with Crippen molar-refractivity contribution < 1.29 is 9.53 Å². The molecule has 0 saturated heterocycles. The lowest BCUT2D eigenvalue weighted by Gasteiger charge is -2.21. The number of benzene rings is 2. The highest BCUT2D eigenvalue weighted by atomic mass is 35.5. The van der Waals surface area contributed by atoms with E-state index in [-0.39, 0.29) is 5.91 Å². The molecule has 4 rings (SSSR count). The summed E-state index contributed by atoms with van der Waals surface area (Å²) < 4.78 is 7.48. The van der Waals surface area contributed by atoms with Gasteiger partial charge >= 0.3 is 0 Å². The average Bonchev–Trinajstić information content (AvgIpc) is 3.11. The van der Waals surface area contributed by atoms with Crippen molar-refractivity contribution >= 4 is 23.2 Å². The standard InChI is InChI=1S/C24H26ClN5O2/c1-5-18(24(31)26-6-2)22-23-29-28-14(3)30(23)20-13-17(32-4)11-12-19(20)21(27-22)15-7-9-16(25)10-8-15/h7-13,18,22H,5-6H2,1-4H3,(H,26,31)/t18-,22+/m1/s1. The van der Waals surface area contributed by atoms with Crippen molar-refractivity contribution in [1.29, 1.82) is 0 Å². The highest BCUT2D eigenvalue weighted by Gasteiger charge is 2.36. The van der Waals surface area contributed by atoms with Crippen LogP contribution in [0.15, 0.2) is 47.5 Å². The summed E-state index contributed by atoms with van der Waals surface area (Å²) in [7, 11) is 1.64. The van der Waals surface area contributed by atoms with E-state index < -0.39 is 12.0 Å². The van der Waals surface area contributed by atoms with Crippen molar-refractivity contribution in [3.05, 3.63) is 70.3 Å². The molecule has 0 saturated carbocycles. The molecule has 0 aliphatic carbocycles. The third kappa shape index (κ3) is 3.88. The van der Waals surface area contributed by atoms with Gasteiger partial charge in [-0.1, -0.05) is 30.7 Å². The van der Waals surface area contributed by atoms with Gasteiger partial charge in [0.2, 0.25) is 5.91 Å². The number of carbonyl (C=O) groups is 1. The predicted octanol–water partition coefficient (Wildman–Crippen LogP) is 4.29. The molecule has 0 radical (unpaired) electrons. The molecular formula is C24H26ClN5O2. The van der Waals surface area contributed by atoms with Gasteiger partial charge in [0.25, 0.3) is 0 Å². The molecule has 0 bridgehead atoms. The molecule has 1 amide bonds. The number of fused-ring (bicyclic) bond motifs is 3. The number of halogens is 1. The van der Waals surface area contributed by atoms with Crippen molar-refractivity contribution in [2.24, 2.45) is 10.9 Å². The Balaban J connectivity index is 2.01. The minimum Gasteiger partial charge on any atom is -0.497 e. The van der Waals surface area contributed by atoms with Crippen LogP contribution >= 0.6 is 11.6 Å². The van der Waals surface area contributed by atoms with E-state index in [1.165, 1.54) is 0 Å². The van der Waals surface area contributed by atoms with Crippen LogP contribution in [0.1, 0.15) is 49.1 Å². The summed E-state index contributed by atoms with van der Waals surface area (Å²) in [5, 5.41) is 12.4. The van der Waals surface area contributed by atoms with Gasteiger partial charge in [0.05, 0.1) is 24.4 Å². The first kappa shape index (κ1) is 22.0. The van der Waals surface area contributed by atoms with E-state index in [0.29, 0.717) is 29.6 Å². The summed E-state index contributed by atoms with van der Waals surface area (Å²) in [5.41, 5.74) is 3.46. The Morgan fingerprint density at radius 2 is 1.94 bits per heavy atom. The number of aryl methyl sites for hydroxylation is 1. The van der Waals surface area contributed by atoms with Crippen LogP contribution in [0.3, 0.4) is 0 Å². The molecule has 2 aromatic carbocycles. The lowest BCUT2D eigenvalue weighted by Crippen LogP contribution is -2.34. The fourth-order valence-electron chi connectivity index (χ4n) is 4.12. The zero-order chi connectivity index (χ0) is 22.8. The second-order valence-corrected chi connectivity index (χ2v) is 8.10. The molecule has 8 heteroatoms. The maximum Gasteiger partial charge on any atom is 0.225 e. The van der Waals surface area contributed by atoms with E-state index in [1.807, 2.05) is 67.8 Å². The van der Waals surface area contributed by atoms with Gasteiger partial charge < -0.3 is 10.1 Å². The van der Waals surface area contributed by atoms with Crippen molar-refractivity contribution in [3.63, 3.8) is 0 Å². The summed E-state index contributed by atoms with van der Waals surface area (Å²) >= 11 is 6.15. The van der Waals surface area contributed by atoms with Crippen LogP contribution in [0.25, 0.3) is 5.69 Å². The lowest BCUT2D eigenvalue weighted by atomic mass is 9.94. The number of methoxy groups -OCH3 is 1. The first-order valence-electron chi connectivity index (χ1n) is 10.7. The maximum atomic E-state index is 13.0.